The molecule has 0 spiro atoms. The van der Waals surface area contributed by atoms with Gasteiger partial charge in [0.05, 0.1) is 23.9 Å². The van der Waals surface area contributed by atoms with E-state index in [0.717, 1.165) is 30.3 Å². The summed E-state index contributed by atoms with van der Waals surface area (Å²) in [6.45, 7) is 3.02. The van der Waals surface area contributed by atoms with E-state index >= 15 is 0 Å². The highest BCUT2D eigenvalue weighted by Gasteiger charge is 2.22. The maximum Gasteiger partial charge on any atom is 0.366 e. The van der Waals surface area contributed by atoms with Crippen molar-refractivity contribution in [3.8, 4) is 0 Å². The number of likely N-dealkylation sites (N-methyl/N-ethyl adjacent to an activating group) is 1. The largest absolute Gasteiger partial charge is 0.387 e. The van der Waals surface area contributed by atoms with E-state index in [4.69, 9.17) is 4.74 Å². The summed E-state index contributed by atoms with van der Waals surface area (Å²) in [6, 6.07) is 7.63. The van der Waals surface area contributed by atoms with Gasteiger partial charge in [-0.2, -0.15) is 0 Å². The molecule has 0 radical (unpaired) electrons. The van der Waals surface area contributed by atoms with E-state index in [9.17, 15) is 9.59 Å². The van der Waals surface area contributed by atoms with Gasteiger partial charge < -0.3 is 9.30 Å². The number of unbranched alkanes of at least 4 members (excludes halogenated alkanes) is 3. The van der Waals surface area contributed by atoms with Gasteiger partial charge in [0.2, 0.25) is 0 Å². The maximum atomic E-state index is 12.6. The smallest absolute Gasteiger partial charge is 0.366 e. The van der Waals surface area contributed by atoms with Crippen LogP contribution in [-0.4, -0.2) is 52.0 Å². The number of benzene rings is 1. The standard InChI is InChI=1S/C21H26N4O3/c1-4-5-6-9-12-25-14-22-18-19(21(27)28-17(26)13-24(2)3)23-16-11-8-7-10-15(16)20(18)25/h7-8,10-11,14H,4-6,9,12-13H2,1-3H3. The molecule has 7 nitrogen and oxygen atoms in total. The van der Waals surface area contributed by atoms with E-state index in [0.29, 0.717) is 11.0 Å². The van der Waals surface area contributed by atoms with Crippen LogP contribution in [-0.2, 0) is 16.1 Å². The fourth-order valence-electron chi connectivity index (χ4n) is 3.25. The summed E-state index contributed by atoms with van der Waals surface area (Å²) in [7, 11) is 3.47. The van der Waals surface area contributed by atoms with Gasteiger partial charge in [-0.1, -0.05) is 44.4 Å². The number of para-hydroxylation sites is 1. The quantitative estimate of drug-likeness (QED) is 0.338. The van der Waals surface area contributed by atoms with E-state index < -0.39 is 11.9 Å². The number of esters is 2. The number of pyridine rings is 1. The summed E-state index contributed by atoms with van der Waals surface area (Å²) in [5.41, 5.74) is 2.08. The lowest BCUT2D eigenvalue weighted by Crippen LogP contribution is -2.26. The van der Waals surface area contributed by atoms with E-state index in [1.165, 1.54) is 12.8 Å². The van der Waals surface area contributed by atoms with Gasteiger partial charge in [-0.3, -0.25) is 9.69 Å². The molecule has 0 aliphatic carbocycles. The summed E-state index contributed by atoms with van der Waals surface area (Å²) in [5, 5.41) is 0.932. The summed E-state index contributed by atoms with van der Waals surface area (Å²) in [6.07, 6.45) is 6.29. The number of carbonyl (C=O) groups excluding carboxylic acids is 2. The van der Waals surface area contributed by atoms with Crippen molar-refractivity contribution >= 4 is 33.9 Å². The van der Waals surface area contributed by atoms with Crippen molar-refractivity contribution in [3.63, 3.8) is 0 Å². The Labute approximate surface area is 164 Å². The van der Waals surface area contributed by atoms with Crippen LogP contribution < -0.4 is 0 Å². The van der Waals surface area contributed by atoms with Crippen LogP contribution in [0.3, 0.4) is 0 Å². The SMILES string of the molecule is CCCCCCn1cnc2c(C(=O)OC(=O)CN(C)C)nc3ccccc3c21. The zero-order chi connectivity index (χ0) is 20.1. The van der Waals surface area contributed by atoms with Gasteiger partial charge >= 0.3 is 11.9 Å². The average molecular weight is 382 g/mol. The normalized spacial score (nSPS) is 11.4. The Morgan fingerprint density at radius 2 is 1.93 bits per heavy atom. The Balaban J connectivity index is 1.99. The predicted octanol–water partition coefficient (Wildman–Crippen LogP) is 3.41. The summed E-state index contributed by atoms with van der Waals surface area (Å²) < 4.78 is 7.06. The van der Waals surface area contributed by atoms with E-state index in [2.05, 4.69) is 21.5 Å². The third-order valence-corrected chi connectivity index (χ3v) is 4.55. The molecular formula is C21H26N4O3. The third kappa shape index (κ3) is 4.36. The number of rotatable bonds is 8. The van der Waals surface area contributed by atoms with Gasteiger partial charge in [-0.15, -0.1) is 0 Å². The van der Waals surface area contributed by atoms with Crippen LogP contribution >= 0.6 is 0 Å². The number of aryl methyl sites for hydroxylation is 1. The van der Waals surface area contributed by atoms with Crippen LogP contribution in [0.1, 0.15) is 43.1 Å². The molecule has 0 saturated heterocycles. The Hall–Kier alpha value is -2.80. The second-order valence-electron chi connectivity index (χ2n) is 7.17. The molecule has 0 amide bonds. The molecule has 0 unspecified atom stereocenters. The first kappa shape index (κ1) is 19.9. The molecule has 0 aliphatic rings. The highest BCUT2D eigenvalue weighted by molar-refractivity contribution is 6.12. The number of ether oxygens (including phenoxy) is 1. The zero-order valence-electron chi connectivity index (χ0n) is 16.6. The molecular weight excluding hydrogens is 356 g/mol. The van der Waals surface area contributed by atoms with Gasteiger partial charge in [-0.25, -0.2) is 14.8 Å². The van der Waals surface area contributed by atoms with Crippen LogP contribution in [0.4, 0.5) is 0 Å². The van der Waals surface area contributed by atoms with Crippen LogP contribution in [0, 0.1) is 0 Å². The van der Waals surface area contributed by atoms with E-state index in [1.54, 1.807) is 25.3 Å². The first-order valence-corrected chi connectivity index (χ1v) is 9.64. The number of nitrogens with zero attached hydrogens (tertiary/aromatic N) is 4. The number of imidazole rings is 1. The van der Waals surface area contributed by atoms with Crippen molar-refractivity contribution < 1.29 is 14.3 Å². The molecule has 0 atom stereocenters. The Morgan fingerprint density at radius 3 is 2.68 bits per heavy atom. The number of fused-ring (bicyclic) bond motifs is 3. The minimum atomic E-state index is -0.765. The lowest BCUT2D eigenvalue weighted by atomic mass is 10.1. The molecule has 3 aromatic rings. The number of hydrogen-bond donors (Lipinski definition) is 0. The maximum absolute atomic E-state index is 12.6. The Morgan fingerprint density at radius 1 is 1.14 bits per heavy atom. The molecule has 2 aromatic heterocycles. The van der Waals surface area contributed by atoms with Crippen LogP contribution in [0.5, 0.6) is 0 Å². The van der Waals surface area contributed by atoms with Crippen LogP contribution in [0.25, 0.3) is 21.9 Å². The Bertz CT molecular complexity index is 994. The second-order valence-corrected chi connectivity index (χ2v) is 7.17. The monoisotopic (exact) mass is 382 g/mol. The van der Waals surface area contributed by atoms with E-state index in [-0.39, 0.29) is 12.2 Å². The number of aromatic nitrogens is 3. The number of hydrogen-bond acceptors (Lipinski definition) is 6. The summed E-state index contributed by atoms with van der Waals surface area (Å²) in [4.78, 5) is 35.1. The first-order chi connectivity index (χ1) is 13.5. The van der Waals surface area contributed by atoms with Gasteiger partial charge in [0, 0.05) is 11.9 Å². The molecule has 0 bridgehead atoms. The highest BCUT2D eigenvalue weighted by Crippen LogP contribution is 2.26. The fourth-order valence-corrected chi connectivity index (χ4v) is 3.25. The third-order valence-electron chi connectivity index (χ3n) is 4.55. The summed E-state index contributed by atoms with van der Waals surface area (Å²) >= 11 is 0. The molecule has 1 aromatic carbocycles. The van der Waals surface area contributed by atoms with Gasteiger partial charge in [0.15, 0.2) is 5.69 Å². The number of carbonyl (C=O) groups is 2. The van der Waals surface area contributed by atoms with Crippen molar-refractivity contribution in [2.24, 2.45) is 0 Å². The topological polar surface area (TPSA) is 77.3 Å². The molecule has 2 heterocycles. The first-order valence-electron chi connectivity index (χ1n) is 9.64. The molecule has 0 saturated carbocycles. The zero-order valence-corrected chi connectivity index (χ0v) is 16.6. The fraction of sp³-hybridized carbons (Fsp3) is 0.429. The van der Waals surface area contributed by atoms with E-state index in [1.807, 2.05) is 24.3 Å². The molecule has 148 valence electrons. The second kappa shape index (κ2) is 8.93. The minimum Gasteiger partial charge on any atom is -0.387 e. The predicted molar refractivity (Wildman–Crippen MR) is 108 cm³/mol. The van der Waals surface area contributed by atoms with Crippen molar-refractivity contribution in [1.29, 1.82) is 0 Å². The van der Waals surface area contributed by atoms with Crippen molar-refractivity contribution in [2.45, 2.75) is 39.2 Å². The van der Waals surface area contributed by atoms with Gasteiger partial charge in [0.1, 0.15) is 5.52 Å². The minimum absolute atomic E-state index is 0.0222. The molecule has 7 heteroatoms. The van der Waals surface area contributed by atoms with Crippen molar-refractivity contribution in [3.05, 3.63) is 36.3 Å². The molecule has 3 rings (SSSR count). The molecule has 28 heavy (non-hydrogen) atoms. The average Bonchev–Trinajstić information content (AvgIpc) is 3.08. The Kier molecular flexibility index (Phi) is 6.36. The van der Waals surface area contributed by atoms with Gasteiger partial charge in [-0.05, 0) is 26.6 Å². The van der Waals surface area contributed by atoms with Crippen molar-refractivity contribution in [1.82, 2.24) is 19.4 Å². The van der Waals surface area contributed by atoms with Crippen molar-refractivity contribution in [2.75, 3.05) is 20.6 Å². The molecule has 0 aliphatic heterocycles. The van der Waals surface area contributed by atoms with Crippen LogP contribution in [0.2, 0.25) is 0 Å². The highest BCUT2D eigenvalue weighted by atomic mass is 16.6. The summed E-state index contributed by atoms with van der Waals surface area (Å²) in [5.74, 6) is -1.38. The molecule has 0 fully saturated rings. The van der Waals surface area contributed by atoms with Crippen LogP contribution in [0.15, 0.2) is 30.6 Å². The molecule has 0 N–H and O–H groups in total. The lowest BCUT2D eigenvalue weighted by molar-refractivity contribution is -0.138. The lowest BCUT2D eigenvalue weighted by Gasteiger charge is -2.10. The van der Waals surface area contributed by atoms with Gasteiger partial charge in [0.25, 0.3) is 0 Å².